The van der Waals surface area contributed by atoms with Crippen LogP contribution in [0.5, 0.6) is 0 Å². The molecule has 0 amide bonds. The molecule has 2 atom stereocenters. The molecule has 16 heavy (non-hydrogen) atoms. The van der Waals surface area contributed by atoms with Crippen LogP contribution in [-0.2, 0) is 0 Å². The van der Waals surface area contributed by atoms with Crippen LogP contribution in [0.2, 0.25) is 0 Å². The predicted molar refractivity (Wildman–Crippen MR) is 58.2 cm³/mol. The highest BCUT2D eigenvalue weighted by Crippen LogP contribution is 2.41. The number of nitrogens with zero attached hydrogens (tertiary/aromatic N) is 1. The third kappa shape index (κ3) is 2.36. The number of nitriles is 1. The van der Waals surface area contributed by atoms with Crippen LogP contribution in [0, 0.1) is 29.1 Å². The highest BCUT2D eigenvalue weighted by atomic mass is 19.1. The van der Waals surface area contributed by atoms with E-state index < -0.39 is 18.3 Å². The summed E-state index contributed by atoms with van der Waals surface area (Å²) in [6, 6.07) is 1.78. The molecule has 0 bridgehead atoms. The molecule has 2 aliphatic rings. The predicted octanol–water partition coefficient (Wildman–Crippen LogP) is 3.79. The van der Waals surface area contributed by atoms with Gasteiger partial charge in [-0.05, 0) is 24.7 Å². The van der Waals surface area contributed by atoms with Crippen molar-refractivity contribution in [3.05, 3.63) is 0 Å². The summed E-state index contributed by atoms with van der Waals surface area (Å²) >= 11 is 0. The average Bonchev–Trinajstić information content (AvgIpc) is 2.30. The van der Waals surface area contributed by atoms with Crippen molar-refractivity contribution in [3.63, 3.8) is 0 Å². The molecular formula is C13H19F2N. The van der Waals surface area contributed by atoms with Crippen LogP contribution < -0.4 is 0 Å². The highest BCUT2D eigenvalue weighted by molar-refractivity contribution is 4.99. The summed E-state index contributed by atoms with van der Waals surface area (Å²) in [4.78, 5) is 0. The number of hydrogen-bond donors (Lipinski definition) is 0. The molecule has 3 heteroatoms. The monoisotopic (exact) mass is 227 g/mol. The first kappa shape index (κ1) is 11.8. The zero-order valence-electron chi connectivity index (χ0n) is 9.54. The average molecular weight is 227 g/mol. The molecule has 2 aliphatic carbocycles. The molecule has 1 nitrogen and oxygen atoms in total. The van der Waals surface area contributed by atoms with E-state index in [1.54, 1.807) is 6.07 Å². The summed E-state index contributed by atoms with van der Waals surface area (Å²) in [7, 11) is 0. The molecule has 2 rings (SSSR count). The number of rotatable bonds is 1. The molecular weight excluding hydrogens is 208 g/mol. The van der Waals surface area contributed by atoms with E-state index in [4.69, 9.17) is 5.26 Å². The molecule has 2 unspecified atom stereocenters. The van der Waals surface area contributed by atoms with Gasteiger partial charge < -0.3 is 0 Å². The second-order valence-electron chi connectivity index (χ2n) is 5.32. The van der Waals surface area contributed by atoms with Crippen LogP contribution in [0.3, 0.4) is 0 Å². The van der Waals surface area contributed by atoms with Crippen LogP contribution in [-0.4, -0.2) is 12.3 Å². The second kappa shape index (κ2) is 5.12. The minimum absolute atomic E-state index is 0.176. The zero-order chi connectivity index (χ0) is 11.5. The van der Waals surface area contributed by atoms with Crippen molar-refractivity contribution >= 4 is 0 Å². The van der Waals surface area contributed by atoms with Gasteiger partial charge >= 0.3 is 0 Å². The van der Waals surface area contributed by atoms with Gasteiger partial charge in [0.1, 0.15) is 18.3 Å². The van der Waals surface area contributed by atoms with Gasteiger partial charge in [0, 0.05) is 0 Å². The Labute approximate surface area is 95.8 Å². The Morgan fingerprint density at radius 2 is 1.44 bits per heavy atom. The molecule has 90 valence electrons. The quantitative estimate of drug-likeness (QED) is 0.668. The summed E-state index contributed by atoms with van der Waals surface area (Å²) in [5, 5.41) is 8.70. The molecule has 0 heterocycles. The van der Waals surface area contributed by atoms with Gasteiger partial charge in [0.2, 0.25) is 0 Å². The summed E-state index contributed by atoms with van der Waals surface area (Å²) in [6.45, 7) is 0. The van der Waals surface area contributed by atoms with Gasteiger partial charge in [0.05, 0.1) is 6.07 Å². The number of halogens is 2. The lowest BCUT2D eigenvalue weighted by Crippen LogP contribution is -2.37. The molecule has 0 aromatic carbocycles. The summed E-state index contributed by atoms with van der Waals surface area (Å²) in [6.07, 6.45) is 4.24. The Kier molecular flexibility index (Phi) is 3.78. The lowest BCUT2D eigenvalue weighted by molar-refractivity contribution is 0.0423. The topological polar surface area (TPSA) is 23.8 Å². The van der Waals surface area contributed by atoms with Crippen LogP contribution in [0.1, 0.15) is 44.9 Å². The largest absolute Gasteiger partial charge is 0.246 e. The van der Waals surface area contributed by atoms with E-state index in [1.807, 2.05) is 0 Å². The molecule has 0 spiro atoms. The summed E-state index contributed by atoms with van der Waals surface area (Å²) in [5.41, 5.74) is 0. The van der Waals surface area contributed by atoms with Crippen molar-refractivity contribution in [2.45, 2.75) is 57.3 Å². The first-order valence-corrected chi connectivity index (χ1v) is 6.40. The molecule has 0 radical (unpaired) electrons. The lowest BCUT2D eigenvalue weighted by atomic mass is 9.70. The van der Waals surface area contributed by atoms with E-state index in [0.29, 0.717) is 18.8 Å². The van der Waals surface area contributed by atoms with E-state index in [9.17, 15) is 8.78 Å². The molecule has 2 saturated carbocycles. The van der Waals surface area contributed by atoms with Gasteiger partial charge in [-0.1, -0.05) is 32.1 Å². The molecule has 0 aliphatic heterocycles. The fourth-order valence-corrected chi connectivity index (χ4v) is 3.35. The maximum atomic E-state index is 13.6. The van der Waals surface area contributed by atoms with Crippen LogP contribution in [0.15, 0.2) is 0 Å². The smallest absolute Gasteiger partial charge is 0.119 e. The molecule has 0 saturated heterocycles. The lowest BCUT2D eigenvalue weighted by Gasteiger charge is -2.37. The number of alkyl halides is 2. The van der Waals surface area contributed by atoms with Gasteiger partial charge in [0.25, 0.3) is 0 Å². The van der Waals surface area contributed by atoms with Crippen molar-refractivity contribution < 1.29 is 8.78 Å². The van der Waals surface area contributed by atoms with Crippen LogP contribution in [0.25, 0.3) is 0 Å². The molecule has 0 aromatic rings. The third-order valence-electron chi connectivity index (χ3n) is 4.30. The number of hydrogen-bond acceptors (Lipinski definition) is 1. The van der Waals surface area contributed by atoms with Gasteiger partial charge in [-0.2, -0.15) is 5.26 Å². The highest BCUT2D eigenvalue weighted by Gasteiger charge is 2.41. The van der Waals surface area contributed by atoms with Crippen LogP contribution in [0.4, 0.5) is 8.78 Å². The van der Waals surface area contributed by atoms with Crippen molar-refractivity contribution in [3.8, 4) is 6.07 Å². The summed E-state index contributed by atoms with van der Waals surface area (Å²) in [5.74, 6) is -0.334. The Morgan fingerprint density at radius 3 is 1.94 bits per heavy atom. The fourth-order valence-electron chi connectivity index (χ4n) is 3.35. The standard InChI is InChI=1S/C13H19F2N/c14-12-6-10(7-13(15)11(12)8-16)9-4-2-1-3-5-9/h9-13H,1-7H2. The normalized spacial score (nSPS) is 41.6. The fraction of sp³-hybridized carbons (Fsp3) is 0.923. The first-order valence-electron chi connectivity index (χ1n) is 6.40. The Bertz CT molecular complexity index is 256. The Balaban J connectivity index is 1.95. The Morgan fingerprint density at radius 1 is 0.875 bits per heavy atom. The summed E-state index contributed by atoms with van der Waals surface area (Å²) < 4.78 is 27.3. The van der Waals surface area contributed by atoms with Crippen molar-refractivity contribution in [2.75, 3.05) is 0 Å². The molecule has 0 aromatic heterocycles. The van der Waals surface area contributed by atoms with Gasteiger partial charge in [-0.25, -0.2) is 8.78 Å². The van der Waals surface area contributed by atoms with Gasteiger partial charge in [0.15, 0.2) is 0 Å². The zero-order valence-corrected chi connectivity index (χ0v) is 9.54. The van der Waals surface area contributed by atoms with E-state index in [-0.39, 0.29) is 5.92 Å². The van der Waals surface area contributed by atoms with E-state index >= 15 is 0 Å². The molecule has 2 fully saturated rings. The third-order valence-corrected chi connectivity index (χ3v) is 4.30. The Hall–Kier alpha value is -0.650. The van der Waals surface area contributed by atoms with Crippen LogP contribution >= 0.6 is 0 Å². The van der Waals surface area contributed by atoms with Gasteiger partial charge in [-0.3, -0.25) is 0 Å². The molecule has 0 N–H and O–H groups in total. The van der Waals surface area contributed by atoms with Crippen molar-refractivity contribution in [1.29, 1.82) is 5.26 Å². The van der Waals surface area contributed by atoms with Crippen molar-refractivity contribution in [1.82, 2.24) is 0 Å². The first-order chi connectivity index (χ1) is 7.72. The SMILES string of the molecule is N#CC1C(F)CC(C2CCCCC2)CC1F. The van der Waals surface area contributed by atoms with Gasteiger partial charge in [-0.15, -0.1) is 0 Å². The van der Waals surface area contributed by atoms with Crippen molar-refractivity contribution in [2.24, 2.45) is 17.8 Å². The van der Waals surface area contributed by atoms with E-state index in [2.05, 4.69) is 0 Å². The minimum Gasteiger partial charge on any atom is -0.246 e. The second-order valence-corrected chi connectivity index (χ2v) is 5.32. The maximum Gasteiger partial charge on any atom is 0.119 e. The van der Waals surface area contributed by atoms with E-state index in [1.165, 1.54) is 19.3 Å². The minimum atomic E-state index is -1.25. The van der Waals surface area contributed by atoms with E-state index in [0.717, 1.165) is 12.8 Å². The maximum absolute atomic E-state index is 13.6.